The smallest absolute Gasteiger partial charge is 0.417 e. The van der Waals surface area contributed by atoms with Gasteiger partial charge in [-0.05, 0) is 30.5 Å². The molecule has 1 atom stereocenters. The molecule has 1 saturated heterocycles. The highest BCUT2D eigenvalue weighted by atomic mass is 28.4. The summed E-state index contributed by atoms with van der Waals surface area (Å²) >= 11 is 0. The van der Waals surface area contributed by atoms with E-state index in [1.54, 1.807) is 0 Å². The third-order valence-corrected chi connectivity index (χ3v) is 8.71. The molecule has 0 N–H and O–H groups in total. The van der Waals surface area contributed by atoms with Crippen LogP contribution in [0.2, 0.25) is 18.1 Å². The summed E-state index contributed by atoms with van der Waals surface area (Å²) in [6.07, 6.45) is -0.296. The number of hydrogen-bond acceptors (Lipinski definition) is 5. The van der Waals surface area contributed by atoms with Gasteiger partial charge in [0.2, 0.25) is 5.91 Å². The molecule has 0 saturated carbocycles. The van der Waals surface area contributed by atoms with Crippen molar-refractivity contribution in [3.63, 3.8) is 0 Å². The highest BCUT2D eigenvalue weighted by Crippen LogP contribution is 2.37. The van der Waals surface area contributed by atoms with Gasteiger partial charge in [0.25, 0.3) is 8.32 Å². The fourth-order valence-electron chi connectivity index (χ4n) is 1.92. The van der Waals surface area contributed by atoms with Gasteiger partial charge in [-0.1, -0.05) is 34.6 Å². The van der Waals surface area contributed by atoms with Crippen LogP contribution in [-0.4, -0.2) is 43.8 Å². The molecule has 1 heterocycles. The van der Waals surface area contributed by atoms with Crippen molar-refractivity contribution in [3.8, 4) is 0 Å². The largest absolute Gasteiger partial charge is 0.518 e. The Morgan fingerprint density at radius 1 is 1.30 bits per heavy atom. The number of imide groups is 1. The molecular weight excluding hydrogens is 314 g/mol. The Morgan fingerprint density at radius 2 is 1.87 bits per heavy atom. The third kappa shape index (κ3) is 4.80. The van der Waals surface area contributed by atoms with Crippen molar-refractivity contribution in [2.75, 3.05) is 6.61 Å². The van der Waals surface area contributed by atoms with E-state index < -0.39 is 26.4 Å². The number of amides is 2. The van der Waals surface area contributed by atoms with Crippen LogP contribution in [0.5, 0.6) is 0 Å². The van der Waals surface area contributed by atoms with Gasteiger partial charge in [0, 0.05) is 6.42 Å². The first-order valence-electron chi connectivity index (χ1n) is 8.08. The lowest BCUT2D eigenvalue weighted by atomic mass is 10.2. The van der Waals surface area contributed by atoms with Crippen LogP contribution < -0.4 is 0 Å². The number of rotatable bonds is 4. The van der Waals surface area contributed by atoms with Crippen LogP contribution in [0.1, 0.15) is 47.5 Å². The van der Waals surface area contributed by atoms with Gasteiger partial charge in [0.15, 0.2) is 0 Å². The van der Waals surface area contributed by atoms with E-state index >= 15 is 0 Å². The second kappa shape index (κ2) is 7.03. The Balaban J connectivity index is 2.83. The topological polar surface area (TPSA) is 72.9 Å². The summed E-state index contributed by atoms with van der Waals surface area (Å²) in [7, 11) is -2.30. The van der Waals surface area contributed by atoms with Crippen LogP contribution in [-0.2, 0) is 18.8 Å². The van der Waals surface area contributed by atoms with E-state index in [2.05, 4.69) is 0 Å². The summed E-state index contributed by atoms with van der Waals surface area (Å²) in [6, 6.07) is -0.865. The molecule has 0 spiro atoms. The van der Waals surface area contributed by atoms with Gasteiger partial charge in [-0.3, -0.25) is 9.59 Å². The van der Waals surface area contributed by atoms with E-state index in [0.717, 1.165) is 4.90 Å². The number of ether oxygens (including phenoxy) is 1. The van der Waals surface area contributed by atoms with Crippen LogP contribution in [0.4, 0.5) is 4.79 Å². The summed E-state index contributed by atoms with van der Waals surface area (Å²) in [5.41, 5.74) is 0. The fraction of sp³-hybridized carbons (Fsp3) is 0.812. The minimum atomic E-state index is -2.30. The van der Waals surface area contributed by atoms with E-state index in [4.69, 9.17) is 9.16 Å². The van der Waals surface area contributed by atoms with Crippen molar-refractivity contribution >= 4 is 26.3 Å². The zero-order valence-electron chi connectivity index (χ0n) is 15.3. The van der Waals surface area contributed by atoms with E-state index in [0.29, 0.717) is 6.42 Å². The number of nitrogens with zero attached hydrogens (tertiary/aromatic N) is 1. The molecule has 1 aliphatic rings. The quantitative estimate of drug-likeness (QED) is 0.732. The molecule has 0 bridgehead atoms. The van der Waals surface area contributed by atoms with Crippen molar-refractivity contribution in [2.24, 2.45) is 5.92 Å². The first-order chi connectivity index (χ1) is 10.4. The lowest BCUT2D eigenvalue weighted by molar-refractivity contribution is -0.143. The Labute approximate surface area is 139 Å². The molecule has 0 radical (unpaired) electrons. The lowest BCUT2D eigenvalue weighted by Gasteiger charge is -2.36. The van der Waals surface area contributed by atoms with Gasteiger partial charge in [0.1, 0.15) is 6.04 Å². The average molecular weight is 343 g/mol. The Bertz CT molecular complexity index is 481. The molecule has 0 aromatic rings. The Kier molecular flexibility index (Phi) is 6.01. The maximum atomic E-state index is 12.5. The van der Waals surface area contributed by atoms with Crippen molar-refractivity contribution < 1.29 is 23.5 Å². The second-order valence-electron chi connectivity index (χ2n) is 7.97. The first kappa shape index (κ1) is 19.7. The van der Waals surface area contributed by atoms with Gasteiger partial charge in [-0.2, -0.15) is 0 Å². The highest BCUT2D eigenvalue weighted by molar-refractivity contribution is 6.75. The third-order valence-electron chi connectivity index (χ3n) is 4.38. The molecule has 0 aromatic carbocycles. The molecule has 7 heteroatoms. The zero-order chi connectivity index (χ0) is 18.0. The summed E-state index contributed by atoms with van der Waals surface area (Å²) in [6.45, 7) is 14.0. The van der Waals surface area contributed by atoms with E-state index in [-0.39, 0.29) is 29.9 Å². The standard InChI is InChI=1S/C16H29NO5Si/c1-11(2)10-21-15(20)17-12(8-9-13(17)18)14(19)22-23(6,7)16(3,4)5/h11-12H,8-10H2,1-7H3. The second-order valence-corrected chi connectivity index (χ2v) is 12.7. The monoisotopic (exact) mass is 343 g/mol. The van der Waals surface area contributed by atoms with Crippen molar-refractivity contribution in [1.82, 2.24) is 4.90 Å². The molecular formula is C16H29NO5Si. The molecule has 1 unspecified atom stereocenters. The normalized spacial score (nSPS) is 19.2. The Morgan fingerprint density at radius 3 is 2.35 bits per heavy atom. The molecule has 1 aliphatic heterocycles. The fourth-order valence-corrected chi connectivity index (χ4v) is 2.86. The highest BCUT2D eigenvalue weighted by Gasteiger charge is 2.46. The molecule has 0 aromatic heterocycles. The van der Waals surface area contributed by atoms with Crippen molar-refractivity contribution in [2.45, 2.75) is 71.6 Å². The molecule has 23 heavy (non-hydrogen) atoms. The number of carbonyl (C=O) groups is 3. The summed E-state index contributed by atoms with van der Waals surface area (Å²) in [5.74, 6) is -0.714. The van der Waals surface area contributed by atoms with Gasteiger partial charge < -0.3 is 9.16 Å². The van der Waals surface area contributed by atoms with Gasteiger partial charge in [-0.25, -0.2) is 9.69 Å². The lowest BCUT2D eigenvalue weighted by Crippen LogP contribution is -2.50. The van der Waals surface area contributed by atoms with Crippen molar-refractivity contribution in [1.29, 1.82) is 0 Å². The zero-order valence-corrected chi connectivity index (χ0v) is 16.3. The van der Waals surface area contributed by atoms with Crippen LogP contribution in [0.3, 0.4) is 0 Å². The molecule has 1 fully saturated rings. The summed E-state index contributed by atoms with van der Waals surface area (Å²) in [4.78, 5) is 37.5. The predicted octanol–water partition coefficient (Wildman–Crippen LogP) is 3.32. The number of carbonyl (C=O) groups excluding carboxylic acids is 3. The first-order valence-corrected chi connectivity index (χ1v) is 11.0. The van der Waals surface area contributed by atoms with Gasteiger partial charge in [-0.15, -0.1) is 0 Å². The summed E-state index contributed by atoms with van der Waals surface area (Å²) in [5, 5.41) is -0.131. The summed E-state index contributed by atoms with van der Waals surface area (Å²) < 4.78 is 10.8. The van der Waals surface area contributed by atoms with E-state index in [1.807, 2.05) is 47.7 Å². The van der Waals surface area contributed by atoms with Gasteiger partial charge in [0.05, 0.1) is 6.61 Å². The van der Waals surface area contributed by atoms with Gasteiger partial charge >= 0.3 is 12.1 Å². The van der Waals surface area contributed by atoms with E-state index in [1.165, 1.54) is 0 Å². The molecule has 6 nitrogen and oxygen atoms in total. The molecule has 2 amide bonds. The average Bonchev–Trinajstić information content (AvgIpc) is 2.76. The number of likely N-dealkylation sites (tertiary alicyclic amines) is 1. The number of hydrogen-bond donors (Lipinski definition) is 0. The van der Waals surface area contributed by atoms with Crippen LogP contribution >= 0.6 is 0 Å². The molecule has 0 aliphatic carbocycles. The SMILES string of the molecule is CC(C)COC(=O)N1C(=O)CCC1C(=O)O[Si](C)(C)C(C)(C)C. The van der Waals surface area contributed by atoms with Crippen LogP contribution in [0.25, 0.3) is 0 Å². The maximum Gasteiger partial charge on any atom is 0.417 e. The van der Waals surface area contributed by atoms with Crippen LogP contribution in [0.15, 0.2) is 0 Å². The van der Waals surface area contributed by atoms with Crippen molar-refractivity contribution in [3.05, 3.63) is 0 Å². The minimum Gasteiger partial charge on any atom is -0.518 e. The predicted molar refractivity (Wildman–Crippen MR) is 89.3 cm³/mol. The van der Waals surface area contributed by atoms with Crippen LogP contribution in [0, 0.1) is 5.92 Å². The maximum absolute atomic E-state index is 12.5. The minimum absolute atomic E-state index is 0.131. The van der Waals surface area contributed by atoms with E-state index in [9.17, 15) is 14.4 Å². The Hall–Kier alpha value is -1.37. The molecule has 1 rings (SSSR count). The molecule has 132 valence electrons.